The van der Waals surface area contributed by atoms with Crippen LogP contribution in [0, 0.1) is 17.6 Å². The second-order valence-corrected chi connectivity index (χ2v) is 8.96. The summed E-state index contributed by atoms with van der Waals surface area (Å²) in [7, 11) is 0. The van der Waals surface area contributed by atoms with Gasteiger partial charge in [0.15, 0.2) is 11.6 Å². The second kappa shape index (κ2) is 9.70. The molecule has 4 rings (SSSR count). The lowest BCUT2D eigenvalue weighted by atomic mass is 9.77. The van der Waals surface area contributed by atoms with Gasteiger partial charge in [-0.25, -0.2) is 8.78 Å². The fourth-order valence-electron chi connectivity index (χ4n) is 4.94. The molecule has 1 aliphatic rings. The van der Waals surface area contributed by atoms with Crippen LogP contribution in [0.15, 0.2) is 48.5 Å². The van der Waals surface area contributed by atoms with Crippen molar-refractivity contribution in [3.8, 4) is 16.9 Å². The van der Waals surface area contributed by atoms with Crippen LogP contribution in [0.2, 0.25) is 0 Å². The van der Waals surface area contributed by atoms with Crippen molar-refractivity contribution < 1.29 is 26.7 Å². The Kier molecular flexibility index (Phi) is 6.91. The predicted octanol–water partition coefficient (Wildman–Crippen LogP) is 9.15. The van der Waals surface area contributed by atoms with E-state index in [1.165, 1.54) is 50.3 Å². The molecule has 0 aliphatic heterocycles. The van der Waals surface area contributed by atoms with Gasteiger partial charge >= 0.3 is 6.36 Å². The molecule has 6 heteroatoms. The number of hydrogen-bond donors (Lipinski definition) is 0. The summed E-state index contributed by atoms with van der Waals surface area (Å²) in [5.74, 6) is -1.18. The molecule has 1 fully saturated rings. The predicted molar refractivity (Wildman–Crippen MR) is 120 cm³/mol. The zero-order chi connectivity index (χ0) is 23.6. The summed E-state index contributed by atoms with van der Waals surface area (Å²) in [6.07, 6.45) is 3.31. The van der Waals surface area contributed by atoms with Crippen molar-refractivity contribution in [1.29, 1.82) is 0 Å². The lowest BCUT2D eigenvalue weighted by Gasteiger charge is -2.29. The van der Waals surface area contributed by atoms with Crippen molar-refractivity contribution in [1.82, 2.24) is 0 Å². The normalized spacial score (nSPS) is 19.1. The number of alkyl halides is 3. The molecule has 1 nitrogen and oxygen atoms in total. The monoisotopic (exact) mass is 462 g/mol. The molecule has 0 spiro atoms. The largest absolute Gasteiger partial charge is 0.573 e. The lowest BCUT2D eigenvalue weighted by Crippen LogP contribution is -2.17. The van der Waals surface area contributed by atoms with E-state index in [-0.39, 0.29) is 11.2 Å². The quantitative estimate of drug-likeness (QED) is 0.332. The van der Waals surface area contributed by atoms with Gasteiger partial charge in [-0.05, 0) is 72.2 Å². The minimum absolute atomic E-state index is 0.0163. The first-order valence-corrected chi connectivity index (χ1v) is 11.5. The Morgan fingerprint density at radius 1 is 0.909 bits per heavy atom. The van der Waals surface area contributed by atoms with Crippen LogP contribution >= 0.6 is 0 Å². The molecule has 0 amide bonds. The molecule has 0 radical (unpaired) electrons. The maximum Gasteiger partial charge on any atom is 0.573 e. The summed E-state index contributed by atoms with van der Waals surface area (Å²) in [5, 5.41) is 0.353. The van der Waals surface area contributed by atoms with Gasteiger partial charge < -0.3 is 4.74 Å². The Morgan fingerprint density at radius 2 is 1.67 bits per heavy atom. The lowest BCUT2D eigenvalue weighted by molar-refractivity contribution is -0.275. The molecule has 176 valence electrons. The van der Waals surface area contributed by atoms with E-state index in [9.17, 15) is 17.6 Å². The van der Waals surface area contributed by atoms with Gasteiger partial charge in [0.2, 0.25) is 0 Å². The van der Waals surface area contributed by atoms with E-state index in [1.807, 2.05) is 6.07 Å². The molecule has 3 aromatic rings. The third kappa shape index (κ3) is 5.48. The van der Waals surface area contributed by atoms with Crippen LogP contribution in [0.4, 0.5) is 22.0 Å². The molecule has 0 aromatic heterocycles. The molecule has 1 aliphatic carbocycles. The van der Waals surface area contributed by atoms with E-state index in [4.69, 9.17) is 0 Å². The van der Waals surface area contributed by atoms with E-state index >= 15 is 4.39 Å². The molecule has 3 aromatic carbocycles. The van der Waals surface area contributed by atoms with Crippen LogP contribution < -0.4 is 4.74 Å². The Hall–Kier alpha value is -2.63. The molecule has 33 heavy (non-hydrogen) atoms. The molecule has 0 atom stereocenters. The molecule has 0 heterocycles. The van der Waals surface area contributed by atoms with Gasteiger partial charge in [0.05, 0.1) is 0 Å². The Bertz CT molecular complexity index is 1110. The van der Waals surface area contributed by atoms with Crippen molar-refractivity contribution in [2.24, 2.45) is 5.92 Å². The van der Waals surface area contributed by atoms with Crippen LogP contribution in [0.1, 0.15) is 63.4 Å². The minimum atomic E-state index is -4.98. The number of benzene rings is 3. The van der Waals surface area contributed by atoms with Crippen molar-refractivity contribution >= 4 is 10.8 Å². The first-order chi connectivity index (χ1) is 15.7. The van der Waals surface area contributed by atoms with Crippen LogP contribution in [-0.4, -0.2) is 6.36 Å². The summed E-state index contributed by atoms with van der Waals surface area (Å²) in [4.78, 5) is 0. The average Bonchev–Trinajstić information content (AvgIpc) is 2.79. The number of rotatable bonds is 6. The summed E-state index contributed by atoms with van der Waals surface area (Å²) in [6, 6.07) is 12.0. The van der Waals surface area contributed by atoms with Gasteiger partial charge in [0.25, 0.3) is 0 Å². The fourth-order valence-corrected chi connectivity index (χ4v) is 4.94. The summed E-state index contributed by atoms with van der Waals surface area (Å²) < 4.78 is 70.6. The SMILES string of the molecule is CCCCC1CCC(c2ccc(-c3ccc4c(F)c(OC(F)(F)F)ccc4c3)c(F)c2)CC1. The molecule has 0 N–H and O–H groups in total. The third-order valence-electron chi connectivity index (χ3n) is 6.73. The van der Waals surface area contributed by atoms with Gasteiger partial charge in [-0.2, -0.15) is 0 Å². The molecule has 0 bridgehead atoms. The smallest absolute Gasteiger partial charge is 0.403 e. The number of hydrogen-bond acceptors (Lipinski definition) is 1. The molecule has 0 unspecified atom stereocenters. The van der Waals surface area contributed by atoms with Gasteiger partial charge in [-0.3, -0.25) is 0 Å². The minimum Gasteiger partial charge on any atom is -0.403 e. The van der Waals surface area contributed by atoms with Crippen molar-refractivity contribution in [3.63, 3.8) is 0 Å². The highest BCUT2D eigenvalue weighted by atomic mass is 19.4. The Morgan fingerprint density at radius 3 is 2.33 bits per heavy atom. The molecule has 1 saturated carbocycles. The van der Waals surface area contributed by atoms with E-state index in [0.29, 0.717) is 22.4 Å². The number of ether oxygens (including phenoxy) is 1. The van der Waals surface area contributed by atoms with E-state index in [1.54, 1.807) is 18.2 Å². The first-order valence-electron chi connectivity index (χ1n) is 11.5. The molecular formula is C27H27F5O. The Labute approximate surface area is 190 Å². The maximum absolute atomic E-state index is 15.0. The van der Waals surface area contributed by atoms with Crippen molar-refractivity contribution in [2.75, 3.05) is 0 Å². The maximum atomic E-state index is 15.0. The van der Waals surface area contributed by atoms with Gasteiger partial charge in [-0.15, -0.1) is 13.2 Å². The van der Waals surface area contributed by atoms with Crippen LogP contribution in [-0.2, 0) is 0 Å². The standard InChI is InChI=1S/C27H27F5O/c1-2-3-4-17-5-7-18(8-6-17)19-9-12-22(24(28)16-19)20-10-13-23-21(15-20)11-14-25(26(23)29)33-27(30,31)32/h9-18H,2-8H2,1H3. The summed E-state index contributed by atoms with van der Waals surface area (Å²) in [5.41, 5.74) is 1.93. The summed E-state index contributed by atoms with van der Waals surface area (Å²) in [6.45, 7) is 2.21. The molecule has 0 saturated heterocycles. The number of halogens is 5. The fraction of sp³-hybridized carbons (Fsp3) is 0.407. The van der Waals surface area contributed by atoms with Crippen LogP contribution in [0.5, 0.6) is 5.75 Å². The highest BCUT2D eigenvalue weighted by Crippen LogP contribution is 2.39. The average molecular weight is 463 g/mol. The molecular weight excluding hydrogens is 435 g/mol. The highest BCUT2D eigenvalue weighted by Gasteiger charge is 2.32. The van der Waals surface area contributed by atoms with E-state index in [2.05, 4.69) is 11.7 Å². The van der Waals surface area contributed by atoms with Gasteiger partial charge in [0.1, 0.15) is 5.82 Å². The van der Waals surface area contributed by atoms with Gasteiger partial charge in [-0.1, -0.05) is 56.5 Å². The van der Waals surface area contributed by atoms with Crippen LogP contribution in [0.3, 0.4) is 0 Å². The van der Waals surface area contributed by atoms with Crippen LogP contribution in [0.25, 0.3) is 21.9 Å². The third-order valence-corrected chi connectivity index (χ3v) is 6.73. The van der Waals surface area contributed by atoms with Crippen molar-refractivity contribution in [3.05, 3.63) is 65.7 Å². The van der Waals surface area contributed by atoms with Crippen molar-refractivity contribution in [2.45, 2.75) is 64.1 Å². The Balaban J connectivity index is 1.53. The highest BCUT2D eigenvalue weighted by molar-refractivity contribution is 5.89. The second-order valence-electron chi connectivity index (χ2n) is 8.96. The zero-order valence-electron chi connectivity index (χ0n) is 18.5. The topological polar surface area (TPSA) is 9.23 Å². The van der Waals surface area contributed by atoms with E-state index < -0.39 is 17.9 Å². The first kappa shape index (κ1) is 23.5. The van der Waals surface area contributed by atoms with Gasteiger partial charge in [0, 0.05) is 10.9 Å². The van der Waals surface area contributed by atoms with E-state index in [0.717, 1.165) is 30.4 Å². The summed E-state index contributed by atoms with van der Waals surface area (Å²) >= 11 is 0. The number of unbranched alkanes of at least 4 members (excludes halogenated alkanes) is 1. The zero-order valence-corrected chi connectivity index (χ0v) is 18.5. The number of fused-ring (bicyclic) bond motifs is 1.